The van der Waals surface area contributed by atoms with Crippen molar-refractivity contribution in [1.29, 1.82) is 0 Å². The lowest BCUT2D eigenvalue weighted by molar-refractivity contribution is -0.220. The van der Waals surface area contributed by atoms with Crippen LogP contribution < -0.4 is 4.74 Å². The molecule has 5 atom stereocenters. The molecule has 200 valence electrons. The summed E-state index contributed by atoms with van der Waals surface area (Å²) in [6.07, 6.45) is 3.40. The third kappa shape index (κ3) is 5.04. The van der Waals surface area contributed by atoms with Gasteiger partial charge in [0, 0.05) is 31.3 Å². The molecule has 2 aromatic rings. The molecule has 3 fully saturated rings. The molecular weight excluding hydrogens is 466 g/mol. The first-order valence-electron chi connectivity index (χ1n) is 13.7. The minimum atomic E-state index is -1.06. The molecule has 0 bridgehead atoms. The number of aryl methyl sites for hydroxylation is 1. The third-order valence-corrected chi connectivity index (χ3v) is 9.14. The fourth-order valence-electron chi connectivity index (χ4n) is 6.88. The molecule has 3 aliphatic rings. The minimum absolute atomic E-state index is 0.0615. The highest BCUT2D eigenvalue weighted by Crippen LogP contribution is 2.56. The molecule has 2 saturated carbocycles. The molecule has 1 heterocycles. The van der Waals surface area contributed by atoms with Gasteiger partial charge < -0.3 is 19.3 Å². The Hall–Kier alpha value is -2.41. The van der Waals surface area contributed by atoms with Crippen LogP contribution >= 0.6 is 0 Å². The molecule has 2 aromatic carbocycles. The Bertz CT molecular complexity index is 1100. The van der Waals surface area contributed by atoms with Gasteiger partial charge in [-0.25, -0.2) is 0 Å². The van der Waals surface area contributed by atoms with Gasteiger partial charge in [0.2, 0.25) is 0 Å². The second-order valence-electron chi connectivity index (χ2n) is 11.4. The van der Waals surface area contributed by atoms with Gasteiger partial charge in [-0.05, 0) is 80.8 Å². The Balaban J connectivity index is 1.55. The van der Waals surface area contributed by atoms with Crippen molar-refractivity contribution in [2.45, 2.75) is 88.7 Å². The molecule has 0 amide bonds. The molecule has 1 N–H and O–H groups in total. The van der Waals surface area contributed by atoms with Crippen molar-refractivity contribution in [3.8, 4) is 5.75 Å². The summed E-state index contributed by atoms with van der Waals surface area (Å²) in [5, 5.41) is 12.9. The second-order valence-corrected chi connectivity index (χ2v) is 11.4. The molecule has 1 aliphatic heterocycles. The summed E-state index contributed by atoms with van der Waals surface area (Å²) in [6, 6.07) is 16.1. The van der Waals surface area contributed by atoms with Crippen LogP contribution in [0, 0.1) is 12.8 Å². The topological polar surface area (TPSA) is 68.2 Å². The van der Waals surface area contributed by atoms with Gasteiger partial charge in [0.15, 0.2) is 0 Å². The standard InChI is InChI=1S/C31H41NO5/c1-21-10-13-26(35-4)16-27(21)30-14-15-32(19-24-11-12-24)22(2)31(30,34)18-28(29(17-30)37-23(3)33)36-20-25-8-6-5-7-9-25/h5-10,13,16,22,24,28-29,34H,11-12,14-15,17-20H2,1-4H3. The Morgan fingerprint density at radius 2 is 1.86 bits per heavy atom. The fourth-order valence-corrected chi connectivity index (χ4v) is 6.88. The molecule has 1 saturated heterocycles. The number of carbonyl (C=O) groups is 1. The van der Waals surface area contributed by atoms with Crippen LogP contribution in [0.5, 0.6) is 5.75 Å². The van der Waals surface area contributed by atoms with Gasteiger partial charge >= 0.3 is 5.97 Å². The molecule has 37 heavy (non-hydrogen) atoms. The lowest BCUT2D eigenvalue weighted by Crippen LogP contribution is -2.72. The number of carbonyl (C=O) groups excluding carboxylic acids is 1. The maximum atomic E-state index is 12.9. The first-order valence-corrected chi connectivity index (χ1v) is 13.7. The van der Waals surface area contributed by atoms with Crippen LogP contribution in [-0.2, 0) is 26.3 Å². The smallest absolute Gasteiger partial charge is 0.302 e. The van der Waals surface area contributed by atoms with Crippen molar-refractivity contribution >= 4 is 5.97 Å². The van der Waals surface area contributed by atoms with Crippen LogP contribution in [0.2, 0.25) is 0 Å². The minimum Gasteiger partial charge on any atom is -0.497 e. The maximum Gasteiger partial charge on any atom is 0.302 e. The number of hydrogen-bond donors (Lipinski definition) is 1. The number of methoxy groups -OCH3 is 1. The zero-order valence-corrected chi connectivity index (χ0v) is 22.6. The number of hydrogen-bond acceptors (Lipinski definition) is 6. The van der Waals surface area contributed by atoms with Crippen molar-refractivity contribution in [2.75, 3.05) is 20.2 Å². The quantitative estimate of drug-likeness (QED) is 0.519. The highest BCUT2D eigenvalue weighted by atomic mass is 16.6. The number of benzene rings is 2. The second kappa shape index (κ2) is 10.4. The van der Waals surface area contributed by atoms with Crippen LogP contribution in [0.25, 0.3) is 0 Å². The Morgan fingerprint density at radius 3 is 2.54 bits per heavy atom. The van der Waals surface area contributed by atoms with Crippen molar-refractivity contribution in [2.24, 2.45) is 5.92 Å². The van der Waals surface area contributed by atoms with E-state index in [4.69, 9.17) is 14.2 Å². The molecular formula is C31H41NO5. The van der Waals surface area contributed by atoms with E-state index in [9.17, 15) is 9.90 Å². The van der Waals surface area contributed by atoms with Crippen molar-refractivity contribution in [1.82, 2.24) is 4.90 Å². The van der Waals surface area contributed by atoms with Crippen molar-refractivity contribution < 1.29 is 24.1 Å². The molecule has 5 unspecified atom stereocenters. The first kappa shape index (κ1) is 26.2. The van der Waals surface area contributed by atoms with E-state index in [2.05, 4.69) is 30.9 Å². The van der Waals surface area contributed by atoms with E-state index in [0.717, 1.165) is 47.9 Å². The fraction of sp³-hybridized carbons (Fsp3) is 0.581. The van der Waals surface area contributed by atoms with Gasteiger partial charge in [-0.3, -0.25) is 9.69 Å². The van der Waals surface area contributed by atoms with Gasteiger partial charge in [0.1, 0.15) is 11.9 Å². The predicted molar refractivity (Wildman–Crippen MR) is 143 cm³/mol. The zero-order chi connectivity index (χ0) is 26.2. The molecule has 0 spiro atoms. The highest BCUT2D eigenvalue weighted by molar-refractivity contribution is 5.66. The van der Waals surface area contributed by atoms with Gasteiger partial charge in [0.25, 0.3) is 0 Å². The monoisotopic (exact) mass is 507 g/mol. The largest absolute Gasteiger partial charge is 0.497 e. The SMILES string of the molecule is COc1ccc(C)c(C23CCN(CC4CC4)C(C)C2(O)CC(OCc2ccccc2)C(OC(C)=O)C3)c1. The van der Waals surface area contributed by atoms with Gasteiger partial charge in [0.05, 0.1) is 25.4 Å². The lowest BCUT2D eigenvalue weighted by Gasteiger charge is -2.62. The predicted octanol–water partition coefficient (Wildman–Crippen LogP) is 4.79. The number of nitrogens with zero attached hydrogens (tertiary/aromatic N) is 1. The summed E-state index contributed by atoms with van der Waals surface area (Å²) in [5.41, 5.74) is 1.62. The molecule has 5 rings (SSSR count). The number of aliphatic hydroxyl groups is 1. The first-order chi connectivity index (χ1) is 17.8. The third-order valence-electron chi connectivity index (χ3n) is 9.14. The number of rotatable bonds is 8. The summed E-state index contributed by atoms with van der Waals surface area (Å²) >= 11 is 0. The average molecular weight is 508 g/mol. The van der Waals surface area contributed by atoms with Crippen LogP contribution in [0.15, 0.2) is 48.5 Å². The number of likely N-dealkylation sites (tertiary alicyclic amines) is 1. The normalized spacial score (nSPS) is 32.0. The Kier molecular flexibility index (Phi) is 7.36. The number of fused-ring (bicyclic) bond motifs is 1. The summed E-state index contributed by atoms with van der Waals surface area (Å²) in [7, 11) is 1.68. The molecule has 6 nitrogen and oxygen atoms in total. The average Bonchev–Trinajstić information content (AvgIpc) is 3.71. The van der Waals surface area contributed by atoms with Crippen LogP contribution in [-0.4, -0.2) is 60.0 Å². The van der Waals surface area contributed by atoms with Gasteiger partial charge in [-0.1, -0.05) is 36.4 Å². The Labute approximate surface area is 220 Å². The van der Waals surface area contributed by atoms with Gasteiger partial charge in [-0.15, -0.1) is 0 Å². The molecule has 2 aliphatic carbocycles. The van der Waals surface area contributed by atoms with Crippen molar-refractivity contribution in [3.63, 3.8) is 0 Å². The van der Waals surface area contributed by atoms with Gasteiger partial charge in [-0.2, -0.15) is 0 Å². The van der Waals surface area contributed by atoms with E-state index in [1.54, 1.807) is 7.11 Å². The summed E-state index contributed by atoms with van der Waals surface area (Å²) in [5.74, 6) is 1.19. The van der Waals surface area contributed by atoms with Crippen LogP contribution in [0.3, 0.4) is 0 Å². The number of ether oxygens (including phenoxy) is 3. The van der Waals surface area contributed by atoms with E-state index in [0.29, 0.717) is 19.4 Å². The zero-order valence-electron chi connectivity index (χ0n) is 22.6. The van der Waals surface area contributed by atoms with E-state index >= 15 is 0 Å². The van der Waals surface area contributed by atoms with E-state index < -0.39 is 23.2 Å². The molecule has 0 radical (unpaired) electrons. The van der Waals surface area contributed by atoms with Crippen molar-refractivity contribution in [3.05, 3.63) is 65.2 Å². The number of piperidine rings is 1. The molecule has 6 heteroatoms. The summed E-state index contributed by atoms with van der Waals surface area (Å²) in [6.45, 7) is 8.07. The Morgan fingerprint density at radius 1 is 1.11 bits per heavy atom. The van der Waals surface area contributed by atoms with E-state index in [1.165, 1.54) is 19.8 Å². The highest BCUT2D eigenvalue weighted by Gasteiger charge is 2.64. The lowest BCUT2D eigenvalue weighted by atomic mass is 9.52. The van der Waals surface area contributed by atoms with Crippen LogP contribution in [0.4, 0.5) is 0 Å². The van der Waals surface area contributed by atoms with E-state index in [-0.39, 0.29) is 12.0 Å². The van der Waals surface area contributed by atoms with Crippen LogP contribution in [0.1, 0.15) is 62.6 Å². The summed E-state index contributed by atoms with van der Waals surface area (Å²) < 4.78 is 18.0. The molecule has 0 aromatic heterocycles. The summed E-state index contributed by atoms with van der Waals surface area (Å²) in [4.78, 5) is 14.7. The maximum absolute atomic E-state index is 12.9. The number of esters is 1. The van der Waals surface area contributed by atoms with E-state index in [1.807, 2.05) is 36.4 Å².